The Kier molecular flexibility index (Phi) is 5.16. The zero-order valence-electron chi connectivity index (χ0n) is 13.6. The third-order valence-electron chi connectivity index (χ3n) is 3.56. The van der Waals surface area contributed by atoms with Crippen LogP contribution in [0.3, 0.4) is 0 Å². The van der Waals surface area contributed by atoms with Gasteiger partial charge in [-0.05, 0) is 29.8 Å². The SMILES string of the molecule is O=C(CCC(=O)Nc1nnc2ccccn12)NCc1cc(F)cc(F)c1. The van der Waals surface area contributed by atoms with E-state index < -0.39 is 23.4 Å². The number of benzene rings is 1. The number of amides is 2. The topological polar surface area (TPSA) is 88.4 Å². The molecule has 3 aromatic rings. The van der Waals surface area contributed by atoms with Gasteiger partial charge in [0, 0.05) is 31.6 Å². The highest BCUT2D eigenvalue weighted by molar-refractivity contribution is 5.92. The number of halogens is 2. The van der Waals surface area contributed by atoms with Crippen molar-refractivity contribution in [2.75, 3.05) is 5.32 Å². The summed E-state index contributed by atoms with van der Waals surface area (Å²) in [6, 6.07) is 8.33. The van der Waals surface area contributed by atoms with E-state index in [9.17, 15) is 18.4 Å². The molecule has 2 heterocycles. The van der Waals surface area contributed by atoms with E-state index in [-0.39, 0.29) is 25.3 Å². The van der Waals surface area contributed by atoms with Crippen molar-refractivity contribution in [3.05, 3.63) is 59.8 Å². The molecule has 2 amide bonds. The lowest BCUT2D eigenvalue weighted by Gasteiger charge is -2.06. The average molecular weight is 359 g/mol. The van der Waals surface area contributed by atoms with Crippen LogP contribution in [-0.4, -0.2) is 26.4 Å². The van der Waals surface area contributed by atoms with Gasteiger partial charge < -0.3 is 5.32 Å². The molecule has 0 bridgehead atoms. The fourth-order valence-electron chi connectivity index (χ4n) is 2.34. The van der Waals surface area contributed by atoms with Gasteiger partial charge >= 0.3 is 0 Å². The summed E-state index contributed by atoms with van der Waals surface area (Å²) in [6.07, 6.45) is 1.57. The molecule has 26 heavy (non-hydrogen) atoms. The summed E-state index contributed by atoms with van der Waals surface area (Å²) in [5.41, 5.74) is 0.887. The normalized spacial score (nSPS) is 10.7. The van der Waals surface area contributed by atoms with Crippen molar-refractivity contribution in [2.45, 2.75) is 19.4 Å². The van der Waals surface area contributed by atoms with E-state index in [4.69, 9.17) is 0 Å². The van der Waals surface area contributed by atoms with Gasteiger partial charge in [-0.2, -0.15) is 0 Å². The van der Waals surface area contributed by atoms with E-state index in [2.05, 4.69) is 20.8 Å². The van der Waals surface area contributed by atoms with Gasteiger partial charge in [-0.25, -0.2) is 8.78 Å². The predicted molar refractivity (Wildman–Crippen MR) is 89.1 cm³/mol. The molecule has 134 valence electrons. The molecule has 7 nitrogen and oxygen atoms in total. The summed E-state index contributed by atoms with van der Waals surface area (Å²) in [6.45, 7) is -0.0239. The molecule has 0 aliphatic heterocycles. The molecule has 1 aromatic carbocycles. The molecular weight excluding hydrogens is 344 g/mol. The van der Waals surface area contributed by atoms with Crippen molar-refractivity contribution in [2.24, 2.45) is 0 Å². The summed E-state index contributed by atoms with van der Waals surface area (Å²) in [5, 5.41) is 12.9. The number of hydrogen-bond donors (Lipinski definition) is 2. The Hall–Kier alpha value is -3.36. The standard InChI is InChI=1S/C17H15F2N5O2/c18-12-7-11(8-13(19)9-12)10-20-15(25)4-5-16(26)21-17-23-22-14-3-1-2-6-24(14)17/h1-3,6-9H,4-5,10H2,(H,20,25)(H,21,23,26). The van der Waals surface area contributed by atoms with Crippen LogP contribution in [0.5, 0.6) is 0 Å². The van der Waals surface area contributed by atoms with Crippen LogP contribution in [0.15, 0.2) is 42.6 Å². The number of pyridine rings is 1. The number of nitrogens with zero attached hydrogens (tertiary/aromatic N) is 3. The molecule has 0 saturated heterocycles. The van der Waals surface area contributed by atoms with Crippen molar-refractivity contribution < 1.29 is 18.4 Å². The van der Waals surface area contributed by atoms with Crippen LogP contribution in [0.2, 0.25) is 0 Å². The van der Waals surface area contributed by atoms with E-state index >= 15 is 0 Å². The molecule has 9 heteroatoms. The number of nitrogens with one attached hydrogen (secondary N) is 2. The third-order valence-corrected chi connectivity index (χ3v) is 3.56. The summed E-state index contributed by atoms with van der Waals surface area (Å²) in [4.78, 5) is 23.7. The lowest BCUT2D eigenvalue weighted by molar-refractivity contribution is -0.124. The van der Waals surface area contributed by atoms with Crippen LogP contribution in [0.4, 0.5) is 14.7 Å². The minimum atomic E-state index is -0.714. The monoisotopic (exact) mass is 359 g/mol. The second-order valence-electron chi connectivity index (χ2n) is 5.56. The molecule has 0 spiro atoms. The van der Waals surface area contributed by atoms with Gasteiger partial charge in [0.25, 0.3) is 0 Å². The van der Waals surface area contributed by atoms with E-state index in [1.165, 1.54) is 0 Å². The number of anilines is 1. The molecule has 2 N–H and O–H groups in total. The van der Waals surface area contributed by atoms with Crippen LogP contribution in [0.25, 0.3) is 5.65 Å². The van der Waals surface area contributed by atoms with Crippen molar-refractivity contribution in [3.8, 4) is 0 Å². The van der Waals surface area contributed by atoms with Gasteiger partial charge in [0.15, 0.2) is 5.65 Å². The number of carbonyl (C=O) groups is 2. The smallest absolute Gasteiger partial charge is 0.235 e. The molecule has 0 atom stereocenters. The van der Waals surface area contributed by atoms with Crippen molar-refractivity contribution in [3.63, 3.8) is 0 Å². The zero-order chi connectivity index (χ0) is 18.5. The van der Waals surface area contributed by atoms with Crippen molar-refractivity contribution in [1.82, 2.24) is 19.9 Å². The Bertz CT molecular complexity index is 937. The van der Waals surface area contributed by atoms with E-state index in [0.717, 1.165) is 18.2 Å². The van der Waals surface area contributed by atoms with E-state index in [1.54, 1.807) is 28.8 Å². The van der Waals surface area contributed by atoms with Gasteiger partial charge in [0.2, 0.25) is 17.8 Å². The number of rotatable bonds is 6. The fourth-order valence-corrected chi connectivity index (χ4v) is 2.34. The van der Waals surface area contributed by atoms with Crippen molar-refractivity contribution in [1.29, 1.82) is 0 Å². The Morgan fingerprint density at radius 3 is 2.50 bits per heavy atom. The molecule has 0 aliphatic rings. The third kappa shape index (κ3) is 4.38. The second-order valence-corrected chi connectivity index (χ2v) is 5.56. The highest BCUT2D eigenvalue weighted by Gasteiger charge is 2.11. The lowest BCUT2D eigenvalue weighted by atomic mass is 10.2. The Labute approximate surface area is 147 Å². The largest absolute Gasteiger partial charge is 0.352 e. The Morgan fingerprint density at radius 2 is 1.73 bits per heavy atom. The molecule has 0 fully saturated rings. The van der Waals surface area contributed by atoms with E-state index in [1.807, 2.05) is 0 Å². The minimum absolute atomic E-state index is 0.0239. The molecule has 0 radical (unpaired) electrons. The maximum Gasteiger partial charge on any atom is 0.235 e. The first kappa shape index (κ1) is 17.5. The highest BCUT2D eigenvalue weighted by atomic mass is 19.1. The first-order valence-corrected chi connectivity index (χ1v) is 7.82. The average Bonchev–Trinajstić information content (AvgIpc) is 3.00. The summed E-state index contributed by atoms with van der Waals surface area (Å²) in [5.74, 6) is -1.96. The van der Waals surface area contributed by atoms with Gasteiger partial charge in [-0.3, -0.25) is 19.3 Å². The van der Waals surface area contributed by atoms with Crippen LogP contribution in [0, 0.1) is 11.6 Å². The van der Waals surface area contributed by atoms with Gasteiger partial charge in [0.05, 0.1) is 0 Å². The fraction of sp³-hybridized carbons (Fsp3) is 0.176. The summed E-state index contributed by atoms with van der Waals surface area (Å²) < 4.78 is 27.8. The molecule has 0 aliphatic carbocycles. The molecule has 3 rings (SSSR count). The number of aromatic nitrogens is 3. The maximum atomic E-state index is 13.1. The highest BCUT2D eigenvalue weighted by Crippen LogP contribution is 2.09. The van der Waals surface area contributed by atoms with Crippen LogP contribution in [-0.2, 0) is 16.1 Å². The van der Waals surface area contributed by atoms with Crippen LogP contribution in [0.1, 0.15) is 18.4 Å². The van der Waals surface area contributed by atoms with Crippen LogP contribution < -0.4 is 10.6 Å². The van der Waals surface area contributed by atoms with Gasteiger partial charge in [-0.1, -0.05) is 6.07 Å². The zero-order valence-corrected chi connectivity index (χ0v) is 13.6. The first-order chi connectivity index (χ1) is 12.5. The minimum Gasteiger partial charge on any atom is -0.352 e. The number of carbonyl (C=O) groups excluding carboxylic acids is 2. The second kappa shape index (κ2) is 7.68. The predicted octanol–water partition coefficient (Wildman–Crippen LogP) is 2.04. The van der Waals surface area contributed by atoms with E-state index in [0.29, 0.717) is 11.2 Å². The number of fused-ring (bicyclic) bond motifs is 1. The van der Waals surface area contributed by atoms with Crippen LogP contribution >= 0.6 is 0 Å². The molecule has 2 aromatic heterocycles. The summed E-state index contributed by atoms with van der Waals surface area (Å²) in [7, 11) is 0. The molecule has 0 saturated carbocycles. The molecular formula is C17H15F2N5O2. The van der Waals surface area contributed by atoms with Crippen molar-refractivity contribution >= 4 is 23.4 Å². The number of hydrogen-bond acceptors (Lipinski definition) is 4. The van der Waals surface area contributed by atoms with Gasteiger partial charge in [0.1, 0.15) is 11.6 Å². The quantitative estimate of drug-likeness (QED) is 0.705. The maximum absolute atomic E-state index is 13.1. The summed E-state index contributed by atoms with van der Waals surface area (Å²) >= 11 is 0. The first-order valence-electron chi connectivity index (χ1n) is 7.82. The van der Waals surface area contributed by atoms with Gasteiger partial charge in [-0.15, -0.1) is 10.2 Å². The molecule has 0 unspecified atom stereocenters. The lowest BCUT2D eigenvalue weighted by Crippen LogP contribution is -2.24. The Balaban J connectivity index is 1.47. The Morgan fingerprint density at radius 1 is 1.00 bits per heavy atom.